The molecule has 1 aromatic heterocycles. The highest BCUT2D eigenvalue weighted by molar-refractivity contribution is 5.78. The van der Waals surface area contributed by atoms with Gasteiger partial charge in [-0.15, -0.1) is 0 Å². The summed E-state index contributed by atoms with van der Waals surface area (Å²) in [6.45, 7) is 7.68. The number of carbonyl (C=O) groups is 2. The Morgan fingerprint density at radius 3 is 2.85 bits per heavy atom. The zero-order chi connectivity index (χ0) is 19.3. The maximum Gasteiger partial charge on any atom is 0.224 e. The van der Waals surface area contributed by atoms with Gasteiger partial charge in [0.15, 0.2) is 0 Å². The Morgan fingerprint density at radius 2 is 2.11 bits per heavy atom. The van der Waals surface area contributed by atoms with Crippen molar-refractivity contribution < 1.29 is 14.3 Å². The van der Waals surface area contributed by atoms with Crippen molar-refractivity contribution in [1.29, 1.82) is 0 Å². The lowest BCUT2D eigenvalue weighted by atomic mass is 9.73. The molecule has 0 saturated carbocycles. The first-order chi connectivity index (χ1) is 13.0. The van der Waals surface area contributed by atoms with Gasteiger partial charge in [0.05, 0.1) is 37.2 Å². The van der Waals surface area contributed by atoms with Crippen LogP contribution < -0.4 is 0 Å². The molecule has 2 amide bonds. The number of carbonyl (C=O) groups excluding carboxylic acids is 2. The zero-order valence-electron chi connectivity index (χ0n) is 16.4. The third-order valence-corrected chi connectivity index (χ3v) is 5.61. The summed E-state index contributed by atoms with van der Waals surface area (Å²) in [6, 6.07) is 0. The molecule has 27 heavy (non-hydrogen) atoms. The van der Waals surface area contributed by atoms with Crippen LogP contribution in [-0.4, -0.2) is 64.4 Å². The van der Waals surface area contributed by atoms with E-state index in [1.54, 1.807) is 12.4 Å². The largest absolute Gasteiger partial charge is 0.381 e. The number of hydrogen-bond donors (Lipinski definition) is 0. The highest BCUT2D eigenvalue weighted by atomic mass is 16.5. The Balaban J connectivity index is 1.63. The first kappa shape index (κ1) is 19.7. The van der Waals surface area contributed by atoms with Crippen LogP contribution in [0.5, 0.6) is 0 Å². The van der Waals surface area contributed by atoms with E-state index in [0.29, 0.717) is 39.1 Å². The standard InChI is InChI=1S/C20H30N4O3/c1-3-27-10-6-19(26)23-9-4-7-20(14-23)8-5-18(25)24(15-20)13-17-12-21-16(2)11-22-17/h11-12H,3-10,13-15H2,1-2H3/t20-/m1/s1. The average Bonchev–Trinajstić information content (AvgIpc) is 2.67. The lowest BCUT2D eigenvalue weighted by Crippen LogP contribution is -2.55. The van der Waals surface area contributed by atoms with E-state index in [0.717, 1.165) is 43.7 Å². The van der Waals surface area contributed by atoms with E-state index in [1.807, 2.05) is 23.6 Å². The lowest BCUT2D eigenvalue weighted by molar-refractivity contribution is -0.144. The number of hydrogen-bond acceptors (Lipinski definition) is 5. The van der Waals surface area contributed by atoms with Crippen molar-refractivity contribution in [3.05, 3.63) is 23.8 Å². The molecule has 3 rings (SSSR count). The lowest BCUT2D eigenvalue weighted by Gasteiger charge is -2.48. The second kappa shape index (κ2) is 8.78. The minimum Gasteiger partial charge on any atom is -0.381 e. The molecule has 2 fully saturated rings. The van der Waals surface area contributed by atoms with E-state index in [9.17, 15) is 9.59 Å². The molecule has 2 aliphatic heterocycles. The maximum atomic E-state index is 12.5. The van der Waals surface area contributed by atoms with Crippen LogP contribution in [0.4, 0.5) is 0 Å². The molecule has 0 unspecified atom stereocenters. The molecular formula is C20H30N4O3. The molecule has 2 aliphatic rings. The van der Waals surface area contributed by atoms with E-state index >= 15 is 0 Å². The first-order valence-corrected chi connectivity index (χ1v) is 9.92. The topological polar surface area (TPSA) is 75.6 Å². The Labute approximate surface area is 161 Å². The average molecular weight is 374 g/mol. The van der Waals surface area contributed by atoms with Crippen molar-refractivity contribution in [3.8, 4) is 0 Å². The quantitative estimate of drug-likeness (QED) is 0.712. The molecule has 1 spiro atoms. The van der Waals surface area contributed by atoms with Crippen LogP contribution in [0.15, 0.2) is 12.4 Å². The van der Waals surface area contributed by atoms with Crippen molar-refractivity contribution >= 4 is 11.8 Å². The van der Waals surface area contributed by atoms with E-state index < -0.39 is 0 Å². The van der Waals surface area contributed by atoms with Gasteiger partial charge in [-0.25, -0.2) is 0 Å². The molecule has 3 heterocycles. The number of aryl methyl sites for hydroxylation is 1. The smallest absolute Gasteiger partial charge is 0.224 e. The predicted molar refractivity (Wildman–Crippen MR) is 101 cm³/mol. The molecule has 148 valence electrons. The highest BCUT2D eigenvalue weighted by Crippen LogP contribution is 2.39. The van der Waals surface area contributed by atoms with Gasteiger partial charge in [-0.05, 0) is 33.1 Å². The minimum atomic E-state index is 0.00551. The van der Waals surface area contributed by atoms with Crippen LogP contribution in [0, 0.1) is 12.3 Å². The number of nitrogens with zero attached hydrogens (tertiary/aromatic N) is 4. The van der Waals surface area contributed by atoms with Gasteiger partial charge >= 0.3 is 0 Å². The van der Waals surface area contributed by atoms with Gasteiger partial charge in [0.2, 0.25) is 11.8 Å². The van der Waals surface area contributed by atoms with Crippen molar-refractivity contribution in [2.75, 3.05) is 32.8 Å². The van der Waals surface area contributed by atoms with Gasteiger partial charge in [-0.1, -0.05) is 0 Å². The third-order valence-electron chi connectivity index (χ3n) is 5.61. The second-order valence-electron chi connectivity index (χ2n) is 7.76. The van der Waals surface area contributed by atoms with Gasteiger partial charge in [0.1, 0.15) is 0 Å². The van der Waals surface area contributed by atoms with E-state index in [1.165, 1.54) is 0 Å². The van der Waals surface area contributed by atoms with Crippen LogP contribution in [0.25, 0.3) is 0 Å². The van der Waals surface area contributed by atoms with Crippen LogP contribution >= 0.6 is 0 Å². The summed E-state index contributed by atoms with van der Waals surface area (Å²) < 4.78 is 5.32. The van der Waals surface area contributed by atoms with Crippen LogP contribution in [0.1, 0.15) is 50.4 Å². The second-order valence-corrected chi connectivity index (χ2v) is 7.76. The van der Waals surface area contributed by atoms with Gasteiger partial charge in [0, 0.05) is 44.3 Å². The summed E-state index contributed by atoms with van der Waals surface area (Å²) in [6.07, 6.45) is 7.37. The molecular weight excluding hydrogens is 344 g/mol. The van der Waals surface area contributed by atoms with E-state index in [2.05, 4.69) is 9.97 Å². The fourth-order valence-electron chi connectivity index (χ4n) is 4.16. The molecule has 0 aliphatic carbocycles. The monoisotopic (exact) mass is 374 g/mol. The number of ether oxygens (including phenoxy) is 1. The van der Waals surface area contributed by atoms with Gasteiger partial charge < -0.3 is 14.5 Å². The number of rotatable bonds is 6. The molecule has 1 atom stereocenters. The minimum absolute atomic E-state index is 0.00551. The number of piperidine rings is 2. The Morgan fingerprint density at radius 1 is 1.26 bits per heavy atom. The molecule has 0 radical (unpaired) electrons. The highest BCUT2D eigenvalue weighted by Gasteiger charge is 2.42. The van der Waals surface area contributed by atoms with Crippen LogP contribution in [-0.2, 0) is 20.9 Å². The molecule has 7 heteroatoms. The summed E-state index contributed by atoms with van der Waals surface area (Å²) in [5.74, 6) is 0.332. The first-order valence-electron chi connectivity index (χ1n) is 9.92. The third kappa shape index (κ3) is 5.03. The molecule has 1 aromatic rings. The molecule has 2 saturated heterocycles. The zero-order valence-corrected chi connectivity index (χ0v) is 16.4. The molecule has 7 nitrogen and oxygen atoms in total. The fourth-order valence-corrected chi connectivity index (χ4v) is 4.16. The summed E-state index contributed by atoms with van der Waals surface area (Å²) in [4.78, 5) is 37.5. The van der Waals surface area contributed by atoms with Crippen molar-refractivity contribution in [1.82, 2.24) is 19.8 Å². The van der Waals surface area contributed by atoms with Crippen molar-refractivity contribution in [3.63, 3.8) is 0 Å². The fraction of sp³-hybridized carbons (Fsp3) is 0.700. The summed E-state index contributed by atoms with van der Waals surface area (Å²) in [7, 11) is 0. The summed E-state index contributed by atoms with van der Waals surface area (Å²) >= 11 is 0. The predicted octanol–water partition coefficient (Wildman–Crippen LogP) is 1.94. The van der Waals surface area contributed by atoms with Gasteiger partial charge in [-0.3, -0.25) is 19.6 Å². The van der Waals surface area contributed by atoms with Gasteiger partial charge in [-0.2, -0.15) is 0 Å². The number of aromatic nitrogens is 2. The van der Waals surface area contributed by atoms with Gasteiger partial charge in [0.25, 0.3) is 0 Å². The Hall–Kier alpha value is -2.02. The summed E-state index contributed by atoms with van der Waals surface area (Å²) in [5.41, 5.74) is 1.69. The molecule has 0 aromatic carbocycles. The molecule has 0 N–H and O–H groups in total. The Bertz CT molecular complexity index is 664. The number of likely N-dealkylation sites (tertiary alicyclic amines) is 2. The number of amides is 2. The molecule has 0 bridgehead atoms. The van der Waals surface area contributed by atoms with Crippen LogP contribution in [0.2, 0.25) is 0 Å². The normalized spacial score (nSPS) is 23.1. The summed E-state index contributed by atoms with van der Waals surface area (Å²) in [5, 5.41) is 0. The maximum absolute atomic E-state index is 12.5. The SMILES string of the molecule is CCOCCC(=O)N1CCC[C@@]2(CCC(=O)N(Cc3cnc(C)cn3)C2)C1. The Kier molecular flexibility index (Phi) is 6.42. The van der Waals surface area contributed by atoms with Crippen LogP contribution in [0.3, 0.4) is 0 Å². The van der Waals surface area contributed by atoms with Crippen molar-refractivity contribution in [2.45, 2.75) is 52.5 Å². The van der Waals surface area contributed by atoms with Crippen molar-refractivity contribution in [2.24, 2.45) is 5.41 Å². The van der Waals surface area contributed by atoms with E-state index in [4.69, 9.17) is 4.74 Å². The van der Waals surface area contributed by atoms with E-state index in [-0.39, 0.29) is 17.2 Å².